The van der Waals surface area contributed by atoms with E-state index in [4.69, 9.17) is 9.15 Å². The molecular formula is C14H15Br2NO2. The lowest BCUT2D eigenvalue weighted by Crippen LogP contribution is -2.18. The maximum absolute atomic E-state index is 5.53. The molecule has 3 nitrogen and oxygen atoms in total. The quantitative estimate of drug-likeness (QED) is 0.808. The molecule has 0 amide bonds. The Morgan fingerprint density at radius 1 is 1.32 bits per heavy atom. The minimum atomic E-state index is 0.179. The molecule has 2 aromatic rings. The average molecular weight is 389 g/mol. The fourth-order valence-corrected chi connectivity index (χ4v) is 2.52. The molecule has 1 N–H and O–H groups in total. The maximum Gasteiger partial charge on any atom is 0.183 e. The van der Waals surface area contributed by atoms with Gasteiger partial charge in [0.1, 0.15) is 11.5 Å². The van der Waals surface area contributed by atoms with E-state index in [0.29, 0.717) is 11.2 Å². The van der Waals surface area contributed by atoms with E-state index in [-0.39, 0.29) is 6.04 Å². The smallest absolute Gasteiger partial charge is 0.183 e. The van der Waals surface area contributed by atoms with E-state index < -0.39 is 0 Å². The Bertz CT molecular complexity index is 535. The van der Waals surface area contributed by atoms with Gasteiger partial charge in [0, 0.05) is 11.6 Å². The molecule has 102 valence electrons. The highest BCUT2D eigenvalue weighted by Gasteiger charge is 2.12. The number of rotatable bonds is 5. The largest absolute Gasteiger partial charge is 0.496 e. The topological polar surface area (TPSA) is 34.4 Å². The zero-order valence-electron chi connectivity index (χ0n) is 10.7. The lowest BCUT2D eigenvalue weighted by atomic mass is 10.1. The molecule has 0 fully saturated rings. The van der Waals surface area contributed by atoms with Crippen LogP contribution in [0.25, 0.3) is 0 Å². The molecule has 1 atom stereocenters. The van der Waals surface area contributed by atoms with Crippen molar-refractivity contribution in [3.8, 4) is 5.75 Å². The summed E-state index contributed by atoms with van der Waals surface area (Å²) in [7, 11) is 1.69. The highest BCUT2D eigenvalue weighted by Crippen LogP contribution is 2.28. The Balaban J connectivity index is 2.03. The molecule has 1 heterocycles. The molecule has 0 aliphatic carbocycles. The van der Waals surface area contributed by atoms with Crippen molar-refractivity contribution in [3.05, 3.63) is 50.8 Å². The van der Waals surface area contributed by atoms with Crippen molar-refractivity contribution in [1.29, 1.82) is 0 Å². The summed E-state index contributed by atoms with van der Waals surface area (Å²) in [6.45, 7) is 2.76. The molecule has 1 aromatic carbocycles. The molecule has 1 aromatic heterocycles. The summed E-state index contributed by atoms with van der Waals surface area (Å²) in [5.74, 6) is 1.77. The zero-order valence-corrected chi connectivity index (χ0v) is 13.9. The molecular weight excluding hydrogens is 374 g/mol. The normalized spacial score (nSPS) is 12.4. The van der Waals surface area contributed by atoms with Crippen molar-refractivity contribution in [3.63, 3.8) is 0 Å². The standard InChI is InChI=1S/C14H15Br2NO2/c1-9(11-5-3-4-6-13(11)18-2)17-8-10-7-12(15)14(16)19-10/h3-7,9,17H,8H2,1-2H3/t9-/m0/s1. The summed E-state index contributed by atoms with van der Waals surface area (Å²) in [6.07, 6.45) is 0. The number of para-hydroxylation sites is 1. The number of hydrogen-bond donors (Lipinski definition) is 1. The molecule has 0 radical (unpaired) electrons. The Morgan fingerprint density at radius 3 is 2.68 bits per heavy atom. The molecule has 2 rings (SSSR count). The van der Waals surface area contributed by atoms with Gasteiger partial charge in [0.15, 0.2) is 4.67 Å². The number of furan rings is 1. The average Bonchev–Trinajstić information content (AvgIpc) is 2.75. The monoisotopic (exact) mass is 387 g/mol. The summed E-state index contributed by atoms with van der Waals surface area (Å²) < 4.78 is 12.5. The van der Waals surface area contributed by atoms with Crippen LogP contribution >= 0.6 is 31.9 Å². The van der Waals surface area contributed by atoms with Gasteiger partial charge in [-0.2, -0.15) is 0 Å². The van der Waals surface area contributed by atoms with Crippen molar-refractivity contribution in [2.45, 2.75) is 19.5 Å². The third-order valence-corrected chi connectivity index (χ3v) is 4.59. The summed E-state index contributed by atoms with van der Waals surface area (Å²) >= 11 is 6.73. The number of halogens is 2. The van der Waals surface area contributed by atoms with E-state index >= 15 is 0 Å². The summed E-state index contributed by atoms with van der Waals surface area (Å²) in [5, 5.41) is 3.42. The molecule has 0 unspecified atom stereocenters. The van der Waals surface area contributed by atoms with E-state index in [1.165, 1.54) is 0 Å². The first-order valence-electron chi connectivity index (χ1n) is 5.92. The van der Waals surface area contributed by atoms with Crippen LogP contribution in [0.2, 0.25) is 0 Å². The van der Waals surface area contributed by atoms with Gasteiger partial charge in [-0.25, -0.2) is 0 Å². The van der Waals surface area contributed by atoms with Gasteiger partial charge >= 0.3 is 0 Å². The second kappa shape index (κ2) is 6.59. The first kappa shape index (κ1) is 14.6. The van der Waals surface area contributed by atoms with E-state index in [1.807, 2.05) is 24.3 Å². The Morgan fingerprint density at radius 2 is 2.05 bits per heavy atom. The third-order valence-electron chi connectivity index (χ3n) is 2.88. The van der Waals surface area contributed by atoms with Crippen LogP contribution < -0.4 is 10.1 Å². The van der Waals surface area contributed by atoms with E-state index in [1.54, 1.807) is 7.11 Å². The molecule has 0 bridgehead atoms. The summed E-state index contributed by atoms with van der Waals surface area (Å²) in [4.78, 5) is 0. The number of ether oxygens (including phenoxy) is 1. The Labute approximate surface area is 129 Å². The highest BCUT2D eigenvalue weighted by atomic mass is 79.9. The van der Waals surface area contributed by atoms with E-state index in [0.717, 1.165) is 21.5 Å². The first-order chi connectivity index (χ1) is 9.11. The molecule has 0 saturated heterocycles. The van der Waals surface area contributed by atoms with Crippen molar-refractivity contribution in [2.75, 3.05) is 7.11 Å². The van der Waals surface area contributed by atoms with Crippen molar-refractivity contribution < 1.29 is 9.15 Å². The van der Waals surface area contributed by atoms with Gasteiger partial charge in [0.05, 0.1) is 18.1 Å². The SMILES string of the molecule is COc1ccccc1[C@H](C)NCc1cc(Br)c(Br)o1. The molecule has 0 aliphatic heterocycles. The van der Waals surface area contributed by atoms with Crippen LogP contribution in [0.3, 0.4) is 0 Å². The number of hydrogen-bond acceptors (Lipinski definition) is 3. The Kier molecular flexibility index (Phi) is 5.07. The Hall–Kier alpha value is -0.780. The molecule has 0 saturated carbocycles. The zero-order chi connectivity index (χ0) is 13.8. The van der Waals surface area contributed by atoms with Crippen molar-refractivity contribution >= 4 is 31.9 Å². The van der Waals surface area contributed by atoms with Crippen LogP contribution in [-0.2, 0) is 6.54 Å². The van der Waals surface area contributed by atoms with Crippen LogP contribution in [0, 0.1) is 0 Å². The molecule has 19 heavy (non-hydrogen) atoms. The molecule has 0 aliphatic rings. The van der Waals surface area contributed by atoms with Crippen LogP contribution in [0.5, 0.6) is 5.75 Å². The lowest BCUT2D eigenvalue weighted by molar-refractivity contribution is 0.396. The second-order valence-corrected chi connectivity index (χ2v) is 5.75. The van der Waals surface area contributed by atoms with Gasteiger partial charge in [-0.1, -0.05) is 18.2 Å². The van der Waals surface area contributed by atoms with E-state index in [2.05, 4.69) is 50.2 Å². The van der Waals surface area contributed by atoms with Gasteiger partial charge < -0.3 is 14.5 Å². The van der Waals surface area contributed by atoms with Crippen LogP contribution in [0.1, 0.15) is 24.3 Å². The number of nitrogens with one attached hydrogen (secondary N) is 1. The number of methoxy groups -OCH3 is 1. The second-order valence-electron chi connectivity index (χ2n) is 4.18. The van der Waals surface area contributed by atoms with Gasteiger partial charge in [0.2, 0.25) is 0 Å². The van der Waals surface area contributed by atoms with Gasteiger partial charge in [-0.05, 0) is 50.9 Å². The van der Waals surface area contributed by atoms with Gasteiger partial charge in [-0.15, -0.1) is 0 Å². The minimum absolute atomic E-state index is 0.179. The molecule has 0 spiro atoms. The van der Waals surface area contributed by atoms with E-state index in [9.17, 15) is 0 Å². The summed E-state index contributed by atoms with van der Waals surface area (Å²) in [6, 6.07) is 10.1. The maximum atomic E-state index is 5.53. The third kappa shape index (κ3) is 3.61. The highest BCUT2D eigenvalue weighted by molar-refractivity contribution is 9.13. The fourth-order valence-electron chi connectivity index (χ4n) is 1.87. The fraction of sp³-hybridized carbons (Fsp3) is 0.286. The summed E-state index contributed by atoms with van der Waals surface area (Å²) in [5.41, 5.74) is 1.13. The lowest BCUT2D eigenvalue weighted by Gasteiger charge is -2.16. The predicted molar refractivity (Wildman–Crippen MR) is 82.4 cm³/mol. The van der Waals surface area contributed by atoms with Gasteiger partial charge in [0.25, 0.3) is 0 Å². The predicted octanol–water partition coefficient (Wildman–Crippen LogP) is 4.66. The van der Waals surface area contributed by atoms with Crippen molar-refractivity contribution in [2.24, 2.45) is 0 Å². The number of benzene rings is 1. The van der Waals surface area contributed by atoms with Crippen molar-refractivity contribution in [1.82, 2.24) is 5.32 Å². The van der Waals surface area contributed by atoms with Gasteiger partial charge in [-0.3, -0.25) is 0 Å². The first-order valence-corrected chi connectivity index (χ1v) is 7.50. The van der Waals surface area contributed by atoms with Crippen LogP contribution in [0.4, 0.5) is 0 Å². The minimum Gasteiger partial charge on any atom is -0.496 e. The van der Waals surface area contributed by atoms with Crippen LogP contribution in [-0.4, -0.2) is 7.11 Å². The van der Waals surface area contributed by atoms with Crippen LogP contribution in [0.15, 0.2) is 43.9 Å². The molecule has 5 heteroatoms.